The van der Waals surface area contributed by atoms with E-state index in [4.69, 9.17) is 16.6 Å². The third-order valence-electron chi connectivity index (χ3n) is 7.29. The first-order chi connectivity index (χ1) is 19.1. The standard InChI is InChI=1S/C30H36ClN7O2/c1-8-26(40)36-13-14-37(21(5)17-36)29(32-6)23-15-24(31)27(28-20(4)16-33-35(28)7)34-30(23)38(18-39)25-12-10-9-11-22(25)19(2)3/h8-12,15-16,18-19,21H,1,13-14,17H2,2-7H3. The summed E-state index contributed by atoms with van der Waals surface area (Å²) in [4.78, 5) is 40.4. The number of para-hydroxylation sites is 1. The third-order valence-corrected chi connectivity index (χ3v) is 7.58. The van der Waals surface area contributed by atoms with Gasteiger partial charge in [-0.1, -0.05) is 50.2 Å². The zero-order valence-electron chi connectivity index (χ0n) is 23.9. The number of rotatable bonds is 7. The molecule has 2 amide bonds. The van der Waals surface area contributed by atoms with Gasteiger partial charge >= 0.3 is 0 Å². The van der Waals surface area contributed by atoms with Crippen LogP contribution >= 0.6 is 11.6 Å². The van der Waals surface area contributed by atoms with Crippen molar-refractivity contribution in [2.75, 3.05) is 31.6 Å². The number of aryl methyl sites for hydroxylation is 2. The molecule has 10 heteroatoms. The van der Waals surface area contributed by atoms with Crippen molar-refractivity contribution in [2.24, 2.45) is 12.0 Å². The number of benzene rings is 1. The molecule has 3 heterocycles. The highest BCUT2D eigenvalue weighted by atomic mass is 35.5. The van der Waals surface area contributed by atoms with Gasteiger partial charge in [-0.3, -0.25) is 24.2 Å². The Labute approximate surface area is 240 Å². The highest BCUT2D eigenvalue weighted by Gasteiger charge is 2.32. The van der Waals surface area contributed by atoms with Crippen LogP contribution in [0.4, 0.5) is 11.5 Å². The maximum atomic E-state index is 12.9. The van der Waals surface area contributed by atoms with Crippen LogP contribution in [0, 0.1) is 6.92 Å². The minimum absolute atomic E-state index is 0.0467. The Hall–Kier alpha value is -3.98. The van der Waals surface area contributed by atoms with Crippen molar-refractivity contribution in [2.45, 2.75) is 39.7 Å². The van der Waals surface area contributed by atoms with Crippen LogP contribution in [0.15, 0.2) is 54.2 Å². The van der Waals surface area contributed by atoms with Gasteiger partial charge in [-0.2, -0.15) is 5.10 Å². The van der Waals surface area contributed by atoms with Gasteiger partial charge in [0.05, 0.1) is 28.2 Å². The van der Waals surface area contributed by atoms with Gasteiger partial charge in [-0.15, -0.1) is 0 Å². The third kappa shape index (κ3) is 5.38. The maximum absolute atomic E-state index is 12.9. The minimum Gasteiger partial charge on any atom is -0.350 e. The average Bonchev–Trinajstić information content (AvgIpc) is 3.28. The molecule has 9 nitrogen and oxygen atoms in total. The lowest BCUT2D eigenvalue weighted by Gasteiger charge is -2.41. The number of aliphatic imine (C=N–C) groups is 1. The lowest BCUT2D eigenvalue weighted by molar-refractivity contribution is -0.128. The van der Waals surface area contributed by atoms with Crippen LogP contribution in [0.3, 0.4) is 0 Å². The number of nitrogens with zero attached hydrogens (tertiary/aromatic N) is 7. The van der Waals surface area contributed by atoms with Crippen molar-refractivity contribution in [3.05, 3.63) is 70.9 Å². The first kappa shape index (κ1) is 29.0. The van der Waals surface area contributed by atoms with Crippen LogP contribution < -0.4 is 4.90 Å². The number of carbonyl (C=O) groups is 2. The van der Waals surface area contributed by atoms with Gasteiger partial charge < -0.3 is 9.80 Å². The molecule has 1 aromatic carbocycles. The van der Waals surface area contributed by atoms with Crippen molar-refractivity contribution >= 4 is 41.3 Å². The Bertz CT molecular complexity index is 1440. The van der Waals surface area contributed by atoms with Crippen molar-refractivity contribution in [3.63, 3.8) is 0 Å². The molecule has 2 aromatic heterocycles. The Kier molecular flexibility index (Phi) is 8.73. The monoisotopic (exact) mass is 561 g/mol. The molecule has 1 atom stereocenters. The van der Waals surface area contributed by atoms with E-state index in [9.17, 15) is 9.59 Å². The fourth-order valence-corrected chi connectivity index (χ4v) is 5.54. The van der Waals surface area contributed by atoms with Gasteiger partial charge in [0.25, 0.3) is 0 Å². The Morgan fingerprint density at radius 1 is 1.27 bits per heavy atom. The molecule has 3 aromatic rings. The van der Waals surface area contributed by atoms with Crippen molar-refractivity contribution in [1.29, 1.82) is 0 Å². The first-order valence-electron chi connectivity index (χ1n) is 13.3. The minimum atomic E-state index is -0.0970. The zero-order valence-corrected chi connectivity index (χ0v) is 24.7. The molecule has 0 saturated carbocycles. The molecule has 0 bridgehead atoms. The smallest absolute Gasteiger partial charge is 0.246 e. The number of anilines is 2. The molecule has 1 unspecified atom stereocenters. The van der Waals surface area contributed by atoms with E-state index in [1.165, 1.54) is 6.08 Å². The van der Waals surface area contributed by atoms with E-state index in [1.807, 2.05) is 51.2 Å². The molecule has 0 aliphatic carbocycles. The fourth-order valence-electron chi connectivity index (χ4n) is 5.30. The van der Waals surface area contributed by atoms with Crippen LogP contribution in [-0.4, -0.2) is 75.4 Å². The topological polar surface area (TPSA) is 86.9 Å². The van der Waals surface area contributed by atoms with Crippen LogP contribution in [0.1, 0.15) is 43.4 Å². The number of amides is 2. The molecule has 0 radical (unpaired) electrons. The zero-order chi connectivity index (χ0) is 29.1. The van der Waals surface area contributed by atoms with E-state index in [2.05, 4.69) is 35.4 Å². The molecular weight excluding hydrogens is 526 g/mol. The van der Waals surface area contributed by atoms with E-state index < -0.39 is 0 Å². The molecule has 210 valence electrons. The second-order valence-corrected chi connectivity index (χ2v) is 10.7. The second-order valence-electron chi connectivity index (χ2n) is 10.3. The highest BCUT2D eigenvalue weighted by molar-refractivity contribution is 6.33. The normalized spacial score (nSPS) is 15.9. The molecule has 40 heavy (non-hydrogen) atoms. The summed E-state index contributed by atoms with van der Waals surface area (Å²) in [6.07, 6.45) is 3.89. The van der Waals surface area contributed by atoms with Gasteiger partial charge in [0.1, 0.15) is 11.5 Å². The first-order valence-corrected chi connectivity index (χ1v) is 13.7. The molecule has 1 aliphatic rings. The summed E-state index contributed by atoms with van der Waals surface area (Å²) in [6, 6.07) is 9.60. The summed E-state index contributed by atoms with van der Waals surface area (Å²) in [6.45, 7) is 13.4. The van der Waals surface area contributed by atoms with Gasteiger partial charge in [-0.25, -0.2) is 4.98 Å². The molecule has 0 spiro atoms. The van der Waals surface area contributed by atoms with Gasteiger partial charge in [-0.05, 0) is 49.1 Å². The van der Waals surface area contributed by atoms with Gasteiger partial charge in [0, 0.05) is 39.8 Å². The SMILES string of the molecule is C=CC(=O)N1CCN(C(=NC)c2cc(Cl)c(-c3c(C)cnn3C)nc2N(C=O)c2ccccc2C(C)C)C(C)C1. The van der Waals surface area contributed by atoms with E-state index in [0.717, 1.165) is 28.9 Å². The number of pyridine rings is 1. The second kappa shape index (κ2) is 12.0. The fraction of sp³-hybridized carbons (Fsp3) is 0.367. The number of halogens is 1. The summed E-state index contributed by atoms with van der Waals surface area (Å²) in [5.41, 5.74) is 4.57. The van der Waals surface area contributed by atoms with Crippen LogP contribution in [0.5, 0.6) is 0 Å². The molecule has 1 aliphatic heterocycles. The molecule has 1 fully saturated rings. The van der Waals surface area contributed by atoms with Crippen LogP contribution in [-0.2, 0) is 16.6 Å². The predicted octanol–water partition coefficient (Wildman–Crippen LogP) is 4.96. The number of hydrogen-bond acceptors (Lipinski definition) is 5. The van der Waals surface area contributed by atoms with E-state index >= 15 is 0 Å². The van der Waals surface area contributed by atoms with Crippen molar-refractivity contribution in [1.82, 2.24) is 24.6 Å². The number of piperazine rings is 1. The van der Waals surface area contributed by atoms with Crippen molar-refractivity contribution < 1.29 is 9.59 Å². The predicted molar refractivity (Wildman–Crippen MR) is 160 cm³/mol. The molecule has 0 N–H and O–H groups in total. The number of aromatic nitrogens is 3. The molecule has 1 saturated heterocycles. The number of carbonyl (C=O) groups excluding carboxylic acids is 2. The maximum Gasteiger partial charge on any atom is 0.246 e. The Morgan fingerprint density at radius 2 is 2.00 bits per heavy atom. The van der Waals surface area contributed by atoms with Gasteiger partial charge in [0.2, 0.25) is 12.3 Å². The summed E-state index contributed by atoms with van der Waals surface area (Å²) >= 11 is 6.92. The Balaban J connectivity index is 1.93. The van der Waals surface area contributed by atoms with Crippen molar-refractivity contribution in [3.8, 4) is 11.4 Å². The lowest BCUT2D eigenvalue weighted by atomic mass is 10.00. The van der Waals surface area contributed by atoms with Gasteiger partial charge in [0.15, 0.2) is 5.82 Å². The molecule has 4 rings (SSSR count). The summed E-state index contributed by atoms with van der Waals surface area (Å²) in [7, 11) is 3.55. The highest BCUT2D eigenvalue weighted by Crippen LogP contribution is 2.38. The van der Waals surface area contributed by atoms with E-state index in [0.29, 0.717) is 47.6 Å². The summed E-state index contributed by atoms with van der Waals surface area (Å²) in [5.74, 6) is 1.13. The Morgan fingerprint density at radius 3 is 2.58 bits per heavy atom. The van der Waals surface area contributed by atoms with Crippen LogP contribution in [0.2, 0.25) is 5.02 Å². The summed E-state index contributed by atoms with van der Waals surface area (Å²) < 4.78 is 1.73. The lowest BCUT2D eigenvalue weighted by Crippen LogP contribution is -2.55. The number of hydrogen-bond donors (Lipinski definition) is 0. The largest absolute Gasteiger partial charge is 0.350 e. The molecular formula is C30H36ClN7O2. The van der Waals surface area contributed by atoms with E-state index in [-0.39, 0.29) is 17.9 Å². The van der Waals surface area contributed by atoms with E-state index in [1.54, 1.807) is 27.7 Å². The average molecular weight is 562 g/mol. The van der Waals surface area contributed by atoms with Crippen LogP contribution in [0.25, 0.3) is 11.4 Å². The number of amidine groups is 1. The summed E-state index contributed by atoms with van der Waals surface area (Å²) in [5, 5.41) is 4.79. The quantitative estimate of drug-likeness (QED) is 0.176.